The van der Waals surface area contributed by atoms with Crippen LogP contribution in [0.1, 0.15) is 32.1 Å². The number of rotatable bonds is 4. The molecule has 1 aliphatic rings. The van der Waals surface area contributed by atoms with Crippen molar-refractivity contribution in [3.05, 3.63) is 0 Å². The van der Waals surface area contributed by atoms with Crippen LogP contribution in [0.3, 0.4) is 0 Å². The van der Waals surface area contributed by atoms with Gasteiger partial charge in [-0.25, -0.2) is 0 Å². The Labute approximate surface area is 73.7 Å². The van der Waals surface area contributed by atoms with Gasteiger partial charge in [0, 0.05) is 6.42 Å². The summed E-state index contributed by atoms with van der Waals surface area (Å²) in [5, 5.41) is 3.36. The van der Waals surface area contributed by atoms with Gasteiger partial charge >= 0.3 is 0 Å². The summed E-state index contributed by atoms with van der Waals surface area (Å²) < 4.78 is 0. The van der Waals surface area contributed by atoms with Gasteiger partial charge < -0.3 is 11.1 Å². The van der Waals surface area contributed by atoms with Gasteiger partial charge in [-0.05, 0) is 44.7 Å². The van der Waals surface area contributed by atoms with E-state index >= 15 is 0 Å². The molecule has 1 atom stereocenters. The van der Waals surface area contributed by atoms with Gasteiger partial charge in [0.15, 0.2) is 0 Å². The molecule has 70 valence electrons. The summed E-state index contributed by atoms with van der Waals surface area (Å²) >= 11 is 0. The molecular weight excluding hydrogens is 152 g/mol. The number of piperidine rings is 1. The van der Waals surface area contributed by atoms with Crippen LogP contribution in [-0.4, -0.2) is 19.0 Å². The minimum absolute atomic E-state index is 0.168. The highest BCUT2D eigenvalue weighted by atomic mass is 16.1. The molecule has 0 aromatic carbocycles. The summed E-state index contributed by atoms with van der Waals surface area (Å²) in [6.07, 6.45) is 5.25. The average Bonchev–Trinajstić information content (AvgIpc) is 2.05. The van der Waals surface area contributed by atoms with E-state index in [4.69, 9.17) is 5.73 Å². The largest absolute Gasteiger partial charge is 0.370 e. The maximum atomic E-state index is 10.4. The second kappa shape index (κ2) is 5.14. The minimum atomic E-state index is -0.168. The summed E-state index contributed by atoms with van der Waals surface area (Å²) in [7, 11) is 0. The first-order chi connectivity index (χ1) is 5.79. The van der Waals surface area contributed by atoms with Crippen molar-refractivity contribution in [2.45, 2.75) is 32.1 Å². The van der Waals surface area contributed by atoms with Crippen LogP contribution in [0.25, 0.3) is 0 Å². The molecule has 0 bridgehead atoms. The first-order valence-corrected chi connectivity index (χ1v) is 4.78. The Morgan fingerprint density at radius 3 is 3.00 bits per heavy atom. The second-order valence-corrected chi connectivity index (χ2v) is 3.57. The zero-order chi connectivity index (χ0) is 8.81. The number of primary amides is 1. The number of hydrogen-bond donors (Lipinski definition) is 2. The Kier molecular flexibility index (Phi) is 4.08. The SMILES string of the molecule is NC(=O)CCCC1CCCNC1. The molecule has 3 heteroatoms. The Hall–Kier alpha value is -0.570. The number of carbonyl (C=O) groups excluding carboxylic acids is 1. The van der Waals surface area contributed by atoms with E-state index < -0.39 is 0 Å². The number of nitrogens with two attached hydrogens (primary N) is 1. The van der Waals surface area contributed by atoms with E-state index in [2.05, 4.69) is 5.32 Å². The smallest absolute Gasteiger partial charge is 0.217 e. The van der Waals surface area contributed by atoms with E-state index in [-0.39, 0.29) is 5.91 Å². The van der Waals surface area contributed by atoms with Crippen molar-refractivity contribution in [2.75, 3.05) is 13.1 Å². The highest BCUT2D eigenvalue weighted by Gasteiger charge is 2.12. The van der Waals surface area contributed by atoms with Crippen molar-refractivity contribution < 1.29 is 4.79 Å². The molecule has 1 fully saturated rings. The maximum Gasteiger partial charge on any atom is 0.217 e. The van der Waals surface area contributed by atoms with Gasteiger partial charge in [0.05, 0.1) is 0 Å². The predicted molar refractivity (Wildman–Crippen MR) is 48.6 cm³/mol. The van der Waals surface area contributed by atoms with Crippen LogP contribution in [0.15, 0.2) is 0 Å². The van der Waals surface area contributed by atoms with Crippen LogP contribution in [0.2, 0.25) is 0 Å². The number of amides is 1. The molecule has 1 aliphatic heterocycles. The molecule has 1 rings (SSSR count). The quantitative estimate of drug-likeness (QED) is 0.650. The van der Waals surface area contributed by atoms with Crippen LogP contribution < -0.4 is 11.1 Å². The number of nitrogens with one attached hydrogen (secondary N) is 1. The molecule has 3 nitrogen and oxygen atoms in total. The first-order valence-electron chi connectivity index (χ1n) is 4.78. The van der Waals surface area contributed by atoms with Gasteiger partial charge in [-0.3, -0.25) is 4.79 Å². The summed E-state index contributed by atoms with van der Waals surface area (Å²) in [5.74, 6) is 0.608. The lowest BCUT2D eigenvalue weighted by Gasteiger charge is -2.22. The van der Waals surface area contributed by atoms with Crippen molar-refractivity contribution in [1.29, 1.82) is 0 Å². The summed E-state index contributed by atoms with van der Waals surface area (Å²) in [4.78, 5) is 10.4. The summed E-state index contributed by atoms with van der Waals surface area (Å²) in [5.41, 5.74) is 5.05. The third-order valence-electron chi connectivity index (χ3n) is 2.43. The molecule has 12 heavy (non-hydrogen) atoms. The molecular formula is C9H18N2O. The molecule has 0 spiro atoms. The van der Waals surface area contributed by atoms with E-state index in [0.717, 1.165) is 31.8 Å². The van der Waals surface area contributed by atoms with E-state index in [9.17, 15) is 4.79 Å². The zero-order valence-corrected chi connectivity index (χ0v) is 7.51. The maximum absolute atomic E-state index is 10.4. The van der Waals surface area contributed by atoms with Gasteiger partial charge in [-0.2, -0.15) is 0 Å². The van der Waals surface area contributed by atoms with Crippen molar-refractivity contribution in [3.63, 3.8) is 0 Å². The predicted octanol–water partition coefficient (Wildman–Crippen LogP) is 0.642. The van der Waals surface area contributed by atoms with Crippen molar-refractivity contribution in [3.8, 4) is 0 Å². The lowest BCUT2D eigenvalue weighted by Crippen LogP contribution is -2.29. The Balaban J connectivity index is 2.01. The van der Waals surface area contributed by atoms with Gasteiger partial charge in [-0.15, -0.1) is 0 Å². The lowest BCUT2D eigenvalue weighted by molar-refractivity contribution is -0.118. The topological polar surface area (TPSA) is 55.1 Å². The summed E-state index contributed by atoms with van der Waals surface area (Å²) in [6, 6.07) is 0. The van der Waals surface area contributed by atoms with Gasteiger partial charge in [0.1, 0.15) is 0 Å². The molecule has 1 unspecified atom stereocenters. The molecule has 0 aromatic heterocycles. The monoisotopic (exact) mass is 170 g/mol. The minimum Gasteiger partial charge on any atom is -0.370 e. The third kappa shape index (κ3) is 3.72. The van der Waals surface area contributed by atoms with Gasteiger partial charge in [0.25, 0.3) is 0 Å². The normalized spacial score (nSPS) is 23.8. The standard InChI is InChI=1S/C9H18N2O/c10-9(12)5-1-3-8-4-2-6-11-7-8/h8,11H,1-7H2,(H2,10,12). The van der Waals surface area contributed by atoms with Gasteiger partial charge in [0.2, 0.25) is 5.91 Å². The molecule has 0 aromatic rings. The molecule has 0 radical (unpaired) electrons. The highest BCUT2D eigenvalue weighted by molar-refractivity contribution is 5.73. The molecule has 1 amide bonds. The van der Waals surface area contributed by atoms with Gasteiger partial charge in [-0.1, -0.05) is 0 Å². The van der Waals surface area contributed by atoms with E-state index in [1.54, 1.807) is 0 Å². The third-order valence-corrected chi connectivity index (χ3v) is 2.43. The van der Waals surface area contributed by atoms with Crippen molar-refractivity contribution in [2.24, 2.45) is 11.7 Å². The van der Waals surface area contributed by atoms with Crippen LogP contribution in [0.5, 0.6) is 0 Å². The molecule has 3 N–H and O–H groups in total. The number of carbonyl (C=O) groups is 1. The van der Waals surface area contributed by atoms with E-state index in [0.29, 0.717) is 6.42 Å². The second-order valence-electron chi connectivity index (χ2n) is 3.57. The summed E-state index contributed by atoms with van der Waals surface area (Å²) in [6.45, 7) is 2.28. The van der Waals surface area contributed by atoms with Crippen LogP contribution in [0.4, 0.5) is 0 Å². The molecule has 0 saturated carbocycles. The Morgan fingerprint density at radius 2 is 2.42 bits per heavy atom. The van der Waals surface area contributed by atoms with Crippen LogP contribution in [0, 0.1) is 5.92 Å². The Morgan fingerprint density at radius 1 is 1.58 bits per heavy atom. The molecule has 1 saturated heterocycles. The highest BCUT2D eigenvalue weighted by Crippen LogP contribution is 2.16. The zero-order valence-electron chi connectivity index (χ0n) is 7.51. The fraction of sp³-hybridized carbons (Fsp3) is 0.889. The fourth-order valence-electron chi connectivity index (χ4n) is 1.74. The fourth-order valence-corrected chi connectivity index (χ4v) is 1.74. The van der Waals surface area contributed by atoms with E-state index in [1.165, 1.54) is 12.8 Å². The van der Waals surface area contributed by atoms with E-state index in [1.807, 2.05) is 0 Å². The van der Waals surface area contributed by atoms with Crippen molar-refractivity contribution in [1.82, 2.24) is 5.32 Å². The molecule has 0 aliphatic carbocycles. The van der Waals surface area contributed by atoms with Crippen LogP contribution >= 0.6 is 0 Å². The average molecular weight is 170 g/mol. The van der Waals surface area contributed by atoms with Crippen LogP contribution in [-0.2, 0) is 4.79 Å². The molecule has 1 heterocycles. The first kappa shape index (κ1) is 9.52. The van der Waals surface area contributed by atoms with Crippen molar-refractivity contribution >= 4 is 5.91 Å². The Bertz CT molecular complexity index is 141. The number of hydrogen-bond acceptors (Lipinski definition) is 2. The lowest BCUT2D eigenvalue weighted by atomic mass is 9.94.